The summed E-state index contributed by atoms with van der Waals surface area (Å²) in [6.07, 6.45) is 0. The number of nitrogens with zero attached hydrogens (tertiary/aromatic N) is 2. The van der Waals surface area contributed by atoms with Crippen molar-refractivity contribution in [1.29, 1.82) is 0 Å². The van der Waals surface area contributed by atoms with Crippen LogP contribution in [0.4, 0.5) is 5.69 Å². The Morgan fingerprint density at radius 1 is 1.10 bits per heavy atom. The fourth-order valence-electron chi connectivity index (χ4n) is 1.68. The third-order valence-electron chi connectivity index (χ3n) is 2.73. The molecule has 0 saturated carbocycles. The Hall–Kier alpha value is -2.41. The highest BCUT2D eigenvalue weighted by atomic mass is 16.5. The van der Waals surface area contributed by atoms with Crippen LogP contribution in [-0.2, 0) is 19.1 Å². The summed E-state index contributed by atoms with van der Waals surface area (Å²) in [5.41, 5.74) is 0.470. The van der Waals surface area contributed by atoms with Gasteiger partial charge in [0.2, 0.25) is 11.8 Å². The molecule has 0 unspecified atom stereocenters. The molecule has 0 saturated heterocycles. The van der Waals surface area contributed by atoms with Crippen LogP contribution in [0.2, 0.25) is 0 Å². The van der Waals surface area contributed by atoms with Crippen LogP contribution in [0.5, 0.6) is 0 Å². The predicted octanol–water partition coefficient (Wildman–Crippen LogP) is 0.209. The number of benzene rings is 1. The average molecular weight is 294 g/mol. The molecule has 7 heteroatoms. The quantitative estimate of drug-likeness (QED) is 0.776. The number of anilines is 1. The number of hydrogen-bond acceptors (Lipinski definition) is 4. The fourth-order valence-corrected chi connectivity index (χ4v) is 1.68. The Balaban J connectivity index is 2.82. The molecular formula is C14H18N2O5. The van der Waals surface area contributed by atoms with Gasteiger partial charge in [0.05, 0.1) is 6.54 Å². The van der Waals surface area contributed by atoms with Gasteiger partial charge in [0, 0.05) is 19.8 Å². The highest BCUT2D eigenvalue weighted by Crippen LogP contribution is 2.13. The molecule has 1 aromatic rings. The number of carboxylic acids is 1. The molecule has 0 atom stereocenters. The zero-order valence-electron chi connectivity index (χ0n) is 12.0. The lowest BCUT2D eigenvalue weighted by Crippen LogP contribution is -2.44. The number of hydrogen-bond donors (Lipinski definition) is 1. The van der Waals surface area contributed by atoms with Gasteiger partial charge in [-0.05, 0) is 12.1 Å². The monoisotopic (exact) mass is 294 g/mol. The van der Waals surface area contributed by atoms with Crippen LogP contribution in [0.15, 0.2) is 30.3 Å². The molecule has 0 bridgehead atoms. The molecule has 0 fully saturated rings. The van der Waals surface area contributed by atoms with Crippen molar-refractivity contribution in [2.24, 2.45) is 0 Å². The fraction of sp³-hybridized carbons (Fsp3) is 0.357. The van der Waals surface area contributed by atoms with Gasteiger partial charge in [-0.15, -0.1) is 0 Å². The number of likely N-dealkylation sites (N-methyl/N-ethyl adjacent to an activating group) is 1. The van der Waals surface area contributed by atoms with E-state index in [1.54, 1.807) is 30.3 Å². The van der Waals surface area contributed by atoms with Crippen molar-refractivity contribution in [3.8, 4) is 0 Å². The van der Waals surface area contributed by atoms with E-state index < -0.39 is 18.4 Å². The largest absolute Gasteiger partial charge is 0.480 e. The first-order valence-electron chi connectivity index (χ1n) is 6.25. The van der Waals surface area contributed by atoms with E-state index in [1.807, 2.05) is 0 Å². The van der Waals surface area contributed by atoms with E-state index in [1.165, 1.54) is 19.1 Å². The Kier molecular flexibility index (Phi) is 6.35. The number of ether oxygens (including phenoxy) is 1. The molecule has 114 valence electrons. The predicted molar refractivity (Wildman–Crippen MR) is 75.9 cm³/mol. The minimum Gasteiger partial charge on any atom is -0.480 e. The summed E-state index contributed by atoms with van der Waals surface area (Å²) in [5, 5.41) is 8.93. The van der Waals surface area contributed by atoms with E-state index in [-0.39, 0.29) is 19.1 Å². The molecule has 1 N–H and O–H groups in total. The maximum atomic E-state index is 12.2. The van der Waals surface area contributed by atoms with Crippen molar-refractivity contribution < 1.29 is 24.2 Å². The summed E-state index contributed by atoms with van der Waals surface area (Å²) in [5.74, 6) is -1.96. The summed E-state index contributed by atoms with van der Waals surface area (Å²) >= 11 is 0. The number of rotatable bonds is 7. The van der Waals surface area contributed by atoms with E-state index in [9.17, 15) is 14.4 Å². The van der Waals surface area contributed by atoms with Crippen molar-refractivity contribution in [2.45, 2.75) is 0 Å². The van der Waals surface area contributed by atoms with Gasteiger partial charge in [0.1, 0.15) is 13.2 Å². The van der Waals surface area contributed by atoms with Gasteiger partial charge >= 0.3 is 5.97 Å². The van der Waals surface area contributed by atoms with Crippen molar-refractivity contribution in [3.63, 3.8) is 0 Å². The third-order valence-corrected chi connectivity index (χ3v) is 2.73. The molecule has 1 aromatic carbocycles. The zero-order chi connectivity index (χ0) is 15.8. The molecule has 0 aliphatic heterocycles. The second-order valence-electron chi connectivity index (χ2n) is 4.39. The van der Waals surface area contributed by atoms with Gasteiger partial charge in [0.15, 0.2) is 0 Å². The second kappa shape index (κ2) is 8.01. The Labute approximate surface area is 122 Å². The zero-order valence-corrected chi connectivity index (χ0v) is 12.0. The van der Waals surface area contributed by atoms with Crippen LogP contribution in [0.1, 0.15) is 0 Å². The standard InChI is InChI=1S/C14H18N2O5/c1-15(13(18)10-21-2)8-12(17)16(9-14(19)20)11-6-4-3-5-7-11/h3-7H,8-10H2,1-2H3,(H,19,20). The molecule has 0 spiro atoms. The lowest BCUT2D eigenvalue weighted by atomic mass is 10.2. The van der Waals surface area contributed by atoms with E-state index in [4.69, 9.17) is 9.84 Å². The first-order valence-corrected chi connectivity index (χ1v) is 6.25. The number of amides is 2. The van der Waals surface area contributed by atoms with E-state index in [0.717, 1.165) is 4.90 Å². The number of aliphatic carboxylic acids is 1. The number of carboxylic acid groups (broad SMARTS) is 1. The smallest absolute Gasteiger partial charge is 0.323 e. The van der Waals surface area contributed by atoms with Crippen molar-refractivity contribution in [2.75, 3.05) is 38.8 Å². The lowest BCUT2D eigenvalue weighted by molar-refractivity contribution is -0.138. The highest BCUT2D eigenvalue weighted by Gasteiger charge is 2.21. The summed E-state index contributed by atoms with van der Waals surface area (Å²) in [4.78, 5) is 37.0. The SMILES string of the molecule is COCC(=O)N(C)CC(=O)N(CC(=O)O)c1ccccc1. The van der Waals surface area contributed by atoms with Crippen molar-refractivity contribution >= 4 is 23.5 Å². The Morgan fingerprint density at radius 2 is 1.71 bits per heavy atom. The number of carbonyl (C=O) groups excluding carboxylic acids is 2. The summed E-state index contributed by atoms with van der Waals surface area (Å²) < 4.78 is 4.71. The topological polar surface area (TPSA) is 87.2 Å². The van der Waals surface area contributed by atoms with Crippen LogP contribution >= 0.6 is 0 Å². The molecule has 0 radical (unpaired) electrons. The van der Waals surface area contributed by atoms with Crippen LogP contribution in [0, 0.1) is 0 Å². The molecule has 0 aliphatic carbocycles. The van der Waals surface area contributed by atoms with E-state index in [0.29, 0.717) is 5.69 Å². The molecular weight excluding hydrogens is 276 g/mol. The molecule has 0 heterocycles. The summed E-state index contributed by atoms with van der Waals surface area (Å²) in [6.45, 7) is -0.812. The third kappa shape index (κ3) is 5.23. The number of carbonyl (C=O) groups is 3. The maximum absolute atomic E-state index is 12.2. The van der Waals surface area contributed by atoms with Gasteiger partial charge in [-0.25, -0.2) is 0 Å². The molecule has 0 aliphatic rings. The highest BCUT2D eigenvalue weighted by molar-refractivity contribution is 5.99. The number of para-hydroxylation sites is 1. The minimum absolute atomic E-state index is 0.131. The Bertz CT molecular complexity index is 503. The van der Waals surface area contributed by atoms with Crippen LogP contribution in [0.25, 0.3) is 0 Å². The van der Waals surface area contributed by atoms with Gasteiger partial charge in [0.25, 0.3) is 0 Å². The van der Waals surface area contributed by atoms with Gasteiger partial charge in [-0.2, -0.15) is 0 Å². The van der Waals surface area contributed by atoms with Gasteiger partial charge in [-0.1, -0.05) is 18.2 Å². The molecule has 7 nitrogen and oxygen atoms in total. The molecule has 0 aromatic heterocycles. The molecule has 2 amide bonds. The van der Waals surface area contributed by atoms with E-state index in [2.05, 4.69) is 0 Å². The Morgan fingerprint density at radius 3 is 2.24 bits per heavy atom. The van der Waals surface area contributed by atoms with Crippen LogP contribution in [-0.4, -0.2) is 61.6 Å². The second-order valence-corrected chi connectivity index (χ2v) is 4.39. The maximum Gasteiger partial charge on any atom is 0.323 e. The van der Waals surface area contributed by atoms with Gasteiger partial charge < -0.3 is 14.7 Å². The minimum atomic E-state index is -1.13. The molecule has 1 rings (SSSR count). The lowest BCUT2D eigenvalue weighted by Gasteiger charge is -2.24. The van der Waals surface area contributed by atoms with Gasteiger partial charge in [-0.3, -0.25) is 19.3 Å². The summed E-state index contributed by atoms with van der Waals surface area (Å²) in [6, 6.07) is 8.45. The van der Waals surface area contributed by atoms with E-state index >= 15 is 0 Å². The van der Waals surface area contributed by atoms with Crippen LogP contribution < -0.4 is 4.90 Å². The van der Waals surface area contributed by atoms with Crippen molar-refractivity contribution in [3.05, 3.63) is 30.3 Å². The summed E-state index contributed by atoms with van der Waals surface area (Å²) in [7, 11) is 2.84. The first-order chi connectivity index (χ1) is 9.95. The number of methoxy groups -OCH3 is 1. The normalized spacial score (nSPS) is 10.0. The average Bonchev–Trinajstić information content (AvgIpc) is 2.45. The first kappa shape index (κ1) is 16.6. The van der Waals surface area contributed by atoms with Crippen molar-refractivity contribution in [1.82, 2.24) is 4.90 Å². The molecule has 21 heavy (non-hydrogen) atoms. The van der Waals surface area contributed by atoms with Crippen LogP contribution in [0.3, 0.4) is 0 Å².